The van der Waals surface area contributed by atoms with E-state index in [1.165, 1.54) is 17.1 Å². The second kappa shape index (κ2) is 5.74. The van der Waals surface area contributed by atoms with Crippen LogP contribution in [0.4, 0.5) is 10.1 Å². The third-order valence-electron chi connectivity index (χ3n) is 2.26. The van der Waals surface area contributed by atoms with E-state index in [0.29, 0.717) is 5.69 Å². The van der Waals surface area contributed by atoms with Gasteiger partial charge in [-0.05, 0) is 28.6 Å². The highest BCUT2D eigenvalue weighted by Gasteiger charge is 2.08. The number of nitrogens with one attached hydrogen (secondary N) is 1. The molecule has 1 aromatic carbocycles. The van der Waals surface area contributed by atoms with Gasteiger partial charge in [-0.1, -0.05) is 0 Å². The van der Waals surface area contributed by atoms with Gasteiger partial charge in [-0.25, -0.2) is 4.39 Å². The van der Waals surface area contributed by atoms with Gasteiger partial charge in [-0.3, -0.25) is 0 Å². The number of hydrogen-bond acceptors (Lipinski definition) is 5. The predicted octanol–water partition coefficient (Wildman–Crippen LogP) is 0.813. The predicted molar refractivity (Wildman–Crippen MR) is 64.3 cm³/mol. The molecule has 0 radical (unpaired) electrons. The van der Waals surface area contributed by atoms with E-state index in [-0.39, 0.29) is 18.1 Å². The molecule has 2 aromatic rings. The summed E-state index contributed by atoms with van der Waals surface area (Å²) in [5, 5.41) is 22.8. The molecule has 2 rings (SSSR count). The molecule has 0 spiro atoms. The van der Waals surface area contributed by atoms with Gasteiger partial charge in [0.2, 0.25) is 0 Å². The lowest BCUT2D eigenvalue weighted by atomic mass is 10.2. The number of nitrogens with zero attached hydrogens (tertiary/aromatic N) is 4. The van der Waals surface area contributed by atoms with E-state index < -0.39 is 11.9 Å². The molecular weight excluding hydrogens is 261 g/mol. The first kappa shape index (κ1) is 12.7. The normalized spacial score (nSPS) is 12.4. The van der Waals surface area contributed by atoms with Crippen LogP contribution in [0.25, 0.3) is 5.69 Å². The van der Waals surface area contributed by atoms with Crippen LogP contribution in [0.1, 0.15) is 0 Å². The summed E-state index contributed by atoms with van der Waals surface area (Å²) in [5.41, 5.74) is 0.872. The van der Waals surface area contributed by atoms with Crippen molar-refractivity contribution in [3.05, 3.63) is 30.3 Å². The van der Waals surface area contributed by atoms with Crippen molar-refractivity contribution in [1.29, 1.82) is 0 Å². The molecule has 0 aliphatic carbocycles. The molecular formula is C10H11ClFN5O. The summed E-state index contributed by atoms with van der Waals surface area (Å²) < 4.78 is 14.8. The van der Waals surface area contributed by atoms with E-state index in [2.05, 4.69) is 20.8 Å². The Labute approximate surface area is 107 Å². The van der Waals surface area contributed by atoms with Crippen molar-refractivity contribution in [2.24, 2.45) is 0 Å². The molecule has 2 N–H and O–H groups in total. The van der Waals surface area contributed by atoms with Gasteiger partial charge in [0.25, 0.3) is 0 Å². The quantitative estimate of drug-likeness (QED) is 0.787. The van der Waals surface area contributed by atoms with Crippen LogP contribution in [0.3, 0.4) is 0 Å². The second-order valence-corrected chi connectivity index (χ2v) is 3.92. The van der Waals surface area contributed by atoms with Gasteiger partial charge < -0.3 is 10.4 Å². The highest BCUT2D eigenvalue weighted by molar-refractivity contribution is 6.18. The first-order valence-electron chi connectivity index (χ1n) is 5.21. The van der Waals surface area contributed by atoms with Gasteiger partial charge in [0.05, 0.1) is 12.0 Å². The van der Waals surface area contributed by atoms with E-state index in [4.69, 9.17) is 11.6 Å². The summed E-state index contributed by atoms with van der Waals surface area (Å²) in [6.45, 7) is 0.282. The number of alkyl halides is 1. The van der Waals surface area contributed by atoms with Crippen molar-refractivity contribution >= 4 is 17.3 Å². The van der Waals surface area contributed by atoms with Crippen LogP contribution in [-0.4, -0.2) is 43.8 Å². The zero-order valence-corrected chi connectivity index (χ0v) is 10.0. The summed E-state index contributed by atoms with van der Waals surface area (Å²) in [7, 11) is 0. The monoisotopic (exact) mass is 271 g/mol. The molecule has 0 aliphatic rings. The van der Waals surface area contributed by atoms with E-state index >= 15 is 0 Å². The van der Waals surface area contributed by atoms with Crippen molar-refractivity contribution in [1.82, 2.24) is 20.2 Å². The molecule has 0 fully saturated rings. The fraction of sp³-hybridized carbons (Fsp3) is 0.300. The topological polar surface area (TPSA) is 75.9 Å². The Bertz CT molecular complexity index is 507. The number of rotatable bonds is 5. The van der Waals surface area contributed by atoms with Crippen LogP contribution in [-0.2, 0) is 0 Å². The first-order chi connectivity index (χ1) is 8.70. The third-order valence-corrected chi connectivity index (χ3v) is 2.62. The summed E-state index contributed by atoms with van der Waals surface area (Å²) >= 11 is 5.48. The maximum atomic E-state index is 13.6. The van der Waals surface area contributed by atoms with E-state index in [0.717, 1.165) is 0 Å². The zero-order valence-electron chi connectivity index (χ0n) is 9.29. The number of anilines is 1. The van der Waals surface area contributed by atoms with Gasteiger partial charge in [0.1, 0.15) is 17.8 Å². The summed E-state index contributed by atoms with van der Waals surface area (Å²) in [5.74, 6) is -0.306. The molecule has 6 nitrogen and oxygen atoms in total. The SMILES string of the molecule is OC(CCl)CNc1ccc(F)c(-n2cnnn2)c1. The largest absolute Gasteiger partial charge is 0.390 e. The molecule has 96 valence electrons. The highest BCUT2D eigenvalue weighted by atomic mass is 35.5. The molecule has 0 aliphatic heterocycles. The number of aliphatic hydroxyl groups is 1. The van der Waals surface area contributed by atoms with Crippen molar-refractivity contribution in [3.8, 4) is 5.69 Å². The van der Waals surface area contributed by atoms with Gasteiger partial charge >= 0.3 is 0 Å². The van der Waals surface area contributed by atoms with Crippen molar-refractivity contribution in [2.75, 3.05) is 17.7 Å². The van der Waals surface area contributed by atoms with Crippen molar-refractivity contribution in [3.63, 3.8) is 0 Å². The average Bonchev–Trinajstić information content (AvgIpc) is 2.91. The lowest BCUT2D eigenvalue weighted by Gasteiger charge is -2.11. The maximum absolute atomic E-state index is 13.6. The van der Waals surface area contributed by atoms with Crippen LogP contribution in [0.5, 0.6) is 0 Å². The number of hydrogen-bond donors (Lipinski definition) is 2. The fourth-order valence-corrected chi connectivity index (χ4v) is 1.47. The van der Waals surface area contributed by atoms with Gasteiger partial charge in [0.15, 0.2) is 0 Å². The minimum Gasteiger partial charge on any atom is -0.390 e. The number of tetrazole rings is 1. The first-order valence-corrected chi connectivity index (χ1v) is 5.75. The minimum absolute atomic E-state index is 0.133. The molecule has 1 atom stereocenters. The standard InChI is InChI=1S/C10H11ClFN5O/c11-4-8(18)5-13-7-1-2-9(12)10(3-7)17-6-14-15-16-17/h1-3,6,8,13,18H,4-5H2. The second-order valence-electron chi connectivity index (χ2n) is 3.61. The molecule has 8 heteroatoms. The molecule has 0 saturated carbocycles. The Kier molecular flexibility index (Phi) is 4.06. The Hall–Kier alpha value is -1.73. The molecule has 18 heavy (non-hydrogen) atoms. The van der Waals surface area contributed by atoms with Crippen LogP contribution in [0, 0.1) is 5.82 Å². The van der Waals surface area contributed by atoms with E-state index in [1.807, 2.05) is 0 Å². The van der Waals surface area contributed by atoms with Crippen molar-refractivity contribution < 1.29 is 9.50 Å². The number of benzene rings is 1. The van der Waals surface area contributed by atoms with Crippen LogP contribution < -0.4 is 5.32 Å². The van der Waals surface area contributed by atoms with E-state index in [1.54, 1.807) is 12.1 Å². The molecule has 0 bridgehead atoms. The lowest BCUT2D eigenvalue weighted by molar-refractivity contribution is 0.211. The smallest absolute Gasteiger partial charge is 0.149 e. The fourth-order valence-electron chi connectivity index (χ4n) is 1.36. The molecule has 1 unspecified atom stereocenters. The Morgan fingerprint density at radius 1 is 1.50 bits per heavy atom. The zero-order chi connectivity index (χ0) is 13.0. The van der Waals surface area contributed by atoms with Crippen LogP contribution >= 0.6 is 11.6 Å². The Balaban J connectivity index is 2.17. The summed E-state index contributed by atoms with van der Waals surface area (Å²) in [6.07, 6.45) is 0.642. The van der Waals surface area contributed by atoms with Gasteiger partial charge in [-0.2, -0.15) is 4.68 Å². The minimum atomic E-state index is -0.659. The molecule has 1 heterocycles. The number of halogens is 2. The summed E-state index contributed by atoms with van der Waals surface area (Å²) in [4.78, 5) is 0. The maximum Gasteiger partial charge on any atom is 0.149 e. The van der Waals surface area contributed by atoms with Gasteiger partial charge in [0, 0.05) is 12.2 Å². The Morgan fingerprint density at radius 3 is 3.00 bits per heavy atom. The van der Waals surface area contributed by atoms with Gasteiger partial charge in [-0.15, -0.1) is 16.7 Å². The molecule has 0 saturated heterocycles. The third kappa shape index (κ3) is 2.93. The molecule has 0 amide bonds. The highest BCUT2D eigenvalue weighted by Crippen LogP contribution is 2.17. The van der Waals surface area contributed by atoms with Crippen LogP contribution in [0.2, 0.25) is 0 Å². The summed E-state index contributed by atoms with van der Waals surface area (Å²) in [6, 6.07) is 4.41. The van der Waals surface area contributed by atoms with Crippen LogP contribution in [0.15, 0.2) is 24.5 Å². The molecule has 1 aromatic heterocycles. The van der Waals surface area contributed by atoms with E-state index in [9.17, 15) is 9.50 Å². The lowest BCUT2D eigenvalue weighted by Crippen LogP contribution is -2.20. The Morgan fingerprint density at radius 2 is 2.33 bits per heavy atom. The number of aromatic nitrogens is 4. The van der Waals surface area contributed by atoms with Crippen molar-refractivity contribution in [2.45, 2.75) is 6.10 Å². The number of aliphatic hydroxyl groups excluding tert-OH is 1. The average molecular weight is 272 g/mol.